The molecule has 2 aliphatic carbocycles. The van der Waals surface area contributed by atoms with E-state index in [-0.39, 0.29) is 46.4 Å². The number of carboxylic acids is 1. The van der Waals surface area contributed by atoms with Crippen LogP contribution in [0.3, 0.4) is 0 Å². The zero-order valence-corrected chi connectivity index (χ0v) is 26.7. The van der Waals surface area contributed by atoms with Crippen molar-refractivity contribution in [3.05, 3.63) is 44.5 Å². The number of carboxylic acid groups (broad SMARTS) is 1. The summed E-state index contributed by atoms with van der Waals surface area (Å²) in [4.78, 5) is 41.7. The number of pyridine rings is 1. The number of halogens is 1. The summed E-state index contributed by atoms with van der Waals surface area (Å²) in [6, 6.07) is 1.04. The van der Waals surface area contributed by atoms with Gasteiger partial charge in [-0.15, -0.1) is 11.8 Å². The lowest BCUT2D eigenvalue weighted by Gasteiger charge is -2.42. The van der Waals surface area contributed by atoms with Crippen molar-refractivity contribution in [1.82, 2.24) is 14.8 Å². The maximum absolute atomic E-state index is 15.9. The molecule has 0 radical (unpaired) electrons. The van der Waals surface area contributed by atoms with Gasteiger partial charge in [-0.3, -0.25) is 4.79 Å². The fourth-order valence-corrected chi connectivity index (χ4v) is 8.91. The van der Waals surface area contributed by atoms with Crippen molar-refractivity contribution in [2.75, 3.05) is 38.8 Å². The fraction of sp³-hybridized carbons (Fsp3) is 0.548. The van der Waals surface area contributed by atoms with E-state index in [1.165, 1.54) is 26.8 Å². The van der Waals surface area contributed by atoms with E-state index in [0.717, 1.165) is 49.6 Å². The van der Waals surface area contributed by atoms with Crippen LogP contribution in [-0.4, -0.2) is 76.8 Å². The number of esters is 1. The van der Waals surface area contributed by atoms with Gasteiger partial charge in [-0.05, 0) is 50.9 Å². The number of anilines is 1. The summed E-state index contributed by atoms with van der Waals surface area (Å²) < 4.78 is 28.6. The van der Waals surface area contributed by atoms with Crippen LogP contribution in [0.1, 0.15) is 68.3 Å². The van der Waals surface area contributed by atoms with Crippen molar-refractivity contribution in [3.63, 3.8) is 0 Å². The molecule has 6 rings (SSSR count). The Morgan fingerprint density at radius 1 is 1.14 bits per heavy atom. The summed E-state index contributed by atoms with van der Waals surface area (Å²) in [5.74, 6) is -1.93. The van der Waals surface area contributed by atoms with Crippen LogP contribution in [0.4, 0.5) is 10.1 Å². The second-order valence-corrected chi connectivity index (χ2v) is 13.6. The third-order valence-electron chi connectivity index (χ3n) is 9.24. The minimum atomic E-state index is -1.34. The van der Waals surface area contributed by atoms with Crippen molar-refractivity contribution < 1.29 is 28.6 Å². The van der Waals surface area contributed by atoms with Crippen LogP contribution >= 0.6 is 24.0 Å². The molecule has 13 heteroatoms. The number of aromatic carboxylic acids is 1. The summed E-state index contributed by atoms with van der Waals surface area (Å²) in [5.41, 5.74) is 0.218. The first-order valence-electron chi connectivity index (χ1n) is 15.1. The average Bonchev–Trinajstić information content (AvgIpc) is 3.82. The molecular formula is C31H37FN4O6S2. The zero-order chi connectivity index (χ0) is 31.3. The number of carbonyl (C=O) groups is 2. The smallest absolute Gasteiger partial charge is 0.341 e. The van der Waals surface area contributed by atoms with Crippen LogP contribution in [-0.2, 0) is 9.53 Å². The molecule has 0 bridgehead atoms. The Morgan fingerprint density at radius 3 is 2.55 bits per heavy atom. The highest BCUT2D eigenvalue weighted by Gasteiger charge is 2.41. The fourth-order valence-electron chi connectivity index (χ4n) is 6.93. The second kappa shape index (κ2) is 12.2. The van der Waals surface area contributed by atoms with Gasteiger partial charge in [0.1, 0.15) is 11.3 Å². The number of ether oxygens (including phenoxy) is 2. The summed E-state index contributed by atoms with van der Waals surface area (Å²) in [5, 5.41) is 14.6. The molecule has 236 valence electrons. The van der Waals surface area contributed by atoms with Gasteiger partial charge in [-0.1, -0.05) is 19.3 Å². The minimum Gasteiger partial charge on any atom is -0.492 e. The third kappa shape index (κ3) is 5.42. The topological polar surface area (TPSA) is 113 Å². The van der Waals surface area contributed by atoms with Gasteiger partial charge in [-0.2, -0.15) is 0 Å². The maximum atomic E-state index is 15.9. The number of hydrogen-bond donors (Lipinski definition) is 2. The van der Waals surface area contributed by atoms with Crippen molar-refractivity contribution in [2.45, 2.75) is 69.2 Å². The van der Waals surface area contributed by atoms with Gasteiger partial charge in [0.2, 0.25) is 5.43 Å². The molecule has 2 saturated carbocycles. The van der Waals surface area contributed by atoms with Crippen LogP contribution in [0.2, 0.25) is 0 Å². The van der Waals surface area contributed by atoms with E-state index >= 15 is 4.39 Å². The Hall–Kier alpha value is -3.32. The van der Waals surface area contributed by atoms with E-state index in [2.05, 4.69) is 5.32 Å². The molecule has 2 N–H and O–H groups in total. The van der Waals surface area contributed by atoms with Crippen molar-refractivity contribution in [2.24, 2.45) is 5.92 Å². The Bertz CT molecular complexity index is 1620. The summed E-state index contributed by atoms with van der Waals surface area (Å²) in [6.07, 6.45) is 8.44. The highest BCUT2D eigenvalue weighted by Crippen LogP contribution is 2.48. The molecule has 1 aromatic carbocycles. The Labute approximate surface area is 264 Å². The lowest BCUT2D eigenvalue weighted by Crippen LogP contribution is -2.56. The second-order valence-electron chi connectivity index (χ2n) is 12.0. The Balaban J connectivity index is 1.27. The van der Waals surface area contributed by atoms with E-state index in [1.807, 2.05) is 16.7 Å². The first-order chi connectivity index (χ1) is 21.1. The van der Waals surface area contributed by atoms with Gasteiger partial charge >= 0.3 is 11.9 Å². The first kappa shape index (κ1) is 30.7. The number of benzene rings is 1. The molecule has 0 unspecified atom stereocenters. The number of nitrogens with zero attached hydrogens (tertiary/aromatic N) is 3. The molecule has 1 saturated heterocycles. The largest absolute Gasteiger partial charge is 0.492 e. The monoisotopic (exact) mass is 644 g/mol. The number of thioether (sulfide) groups is 1. The van der Waals surface area contributed by atoms with Crippen molar-refractivity contribution in [3.8, 4) is 5.75 Å². The van der Waals surface area contributed by atoms with Gasteiger partial charge in [0.05, 0.1) is 35.7 Å². The molecule has 2 aliphatic heterocycles. The number of piperazine rings is 1. The Morgan fingerprint density at radius 2 is 1.89 bits per heavy atom. The summed E-state index contributed by atoms with van der Waals surface area (Å²) >= 11 is 7.54. The third-order valence-corrected chi connectivity index (χ3v) is 11.0. The first-order valence-corrected chi connectivity index (χ1v) is 16.4. The van der Waals surface area contributed by atoms with Crippen LogP contribution in [0.15, 0.2) is 27.7 Å². The van der Waals surface area contributed by atoms with E-state index in [4.69, 9.17) is 21.7 Å². The van der Waals surface area contributed by atoms with E-state index in [0.29, 0.717) is 41.1 Å². The van der Waals surface area contributed by atoms with E-state index in [9.17, 15) is 19.5 Å². The lowest BCUT2D eigenvalue weighted by molar-refractivity contribution is -0.136. The molecule has 0 spiro atoms. The molecular weight excluding hydrogens is 607 g/mol. The number of carbonyl (C=O) groups excluding carboxylic acids is 1. The van der Waals surface area contributed by atoms with Crippen molar-refractivity contribution in [1.29, 1.82) is 0 Å². The molecule has 3 atom stereocenters. The highest BCUT2D eigenvalue weighted by atomic mass is 32.2. The molecule has 3 fully saturated rings. The molecule has 3 heterocycles. The standard InChI is InChI=1S/C31H37FN4O6S2/c1-16-14-34(11-12-35(16)31(43)33-28-23(30(40)42-3)18-7-5-4-6-8-22(18)44-28)25-21(32)13-19-24(27(25)41-2)36(17-9-10-17)15-20(26(19)37)29(38)39/h13,15-18,22H,4-12,14H2,1-3H3,(H,33,43)(H,38,39)/t16-,18-,22+/m0/s1. The summed E-state index contributed by atoms with van der Waals surface area (Å²) in [6.45, 7) is 3.33. The van der Waals surface area contributed by atoms with Gasteiger partial charge in [0, 0.05) is 49.1 Å². The van der Waals surface area contributed by atoms with E-state index < -0.39 is 17.2 Å². The van der Waals surface area contributed by atoms with Gasteiger partial charge < -0.3 is 34.3 Å². The molecule has 10 nitrogen and oxygen atoms in total. The number of hydrogen-bond acceptors (Lipinski definition) is 8. The minimum absolute atomic E-state index is 0.00743. The quantitative estimate of drug-likeness (QED) is 0.339. The van der Waals surface area contributed by atoms with Crippen LogP contribution in [0.5, 0.6) is 5.75 Å². The lowest BCUT2D eigenvalue weighted by atomic mass is 9.92. The van der Waals surface area contributed by atoms with Gasteiger partial charge in [0.15, 0.2) is 16.7 Å². The van der Waals surface area contributed by atoms with Gasteiger partial charge in [-0.25, -0.2) is 14.0 Å². The number of aromatic nitrogens is 1. The average molecular weight is 645 g/mol. The number of methoxy groups -OCH3 is 2. The number of thiocarbonyl (C=S) groups is 1. The molecule has 1 aromatic heterocycles. The Kier molecular flexibility index (Phi) is 8.53. The molecule has 2 aromatic rings. The maximum Gasteiger partial charge on any atom is 0.341 e. The van der Waals surface area contributed by atoms with Crippen LogP contribution < -0.4 is 20.4 Å². The van der Waals surface area contributed by atoms with E-state index in [1.54, 1.807) is 16.3 Å². The molecule has 0 amide bonds. The van der Waals surface area contributed by atoms with Crippen LogP contribution in [0, 0.1) is 11.7 Å². The number of rotatable bonds is 6. The van der Waals surface area contributed by atoms with Gasteiger partial charge in [0.25, 0.3) is 0 Å². The summed E-state index contributed by atoms with van der Waals surface area (Å²) in [7, 11) is 2.85. The number of nitrogens with one attached hydrogen (secondary N) is 1. The predicted octanol–water partition coefficient (Wildman–Crippen LogP) is 4.65. The van der Waals surface area contributed by atoms with Crippen LogP contribution in [0.25, 0.3) is 10.9 Å². The zero-order valence-electron chi connectivity index (χ0n) is 25.1. The normalized spacial score (nSPS) is 23.8. The SMILES string of the molecule is COC(=O)C1=C(NC(=S)N2CCN(c3c(F)cc4c(=O)c(C(=O)O)cn(C5CC5)c4c3OC)C[C@@H]2C)S[C@@H]2CCCCC[C@H]12. The highest BCUT2D eigenvalue weighted by molar-refractivity contribution is 8.04. The molecule has 4 aliphatic rings. The predicted molar refractivity (Wildman–Crippen MR) is 171 cm³/mol. The molecule has 44 heavy (non-hydrogen) atoms. The van der Waals surface area contributed by atoms with Crippen molar-refractivity contribution >= 4 is 57.6 Å². The number of fused-ring (bicyclic) bond motifs is 2.